The van der Waals surface area contributed by atoms with E-state index in [1.54, 1.807) is 19.1 Å². The largest absolute Gasteiger partial charge is 0.457 e. The van der Waals surface area contributed by atoms with Gasteiger partial charge in [0.1, 0.15) is 0 Å². The van der Waals surface area contributed by atoms with Gasteiger partial charge in [-0.05, 0) is 41.6 Å². The molecule has 0 spiro atoms. The highest BCUT2D eigenvalue weighted by molar-refractivity contribution is 14.1. The molecule has 0 unspecified atom stereocenters. The second-order valence-corrected chi connectivity index (χ2v) is 3.81. The molecule has 0 N–H and O–H groups in total. The van der Waals surface area contributed by atoms with Crippen molar-refractivity contribution in [3.63, 3.8) is 0 Å². The van der Waals surface area contributed by atoms with Crippen molar-refractivity contribution in [2.45, 2.75) is 6.92 Å². The van der Waals surface area contributed by atoms with Crippen LogP contribution in [0.1, 0.15) is 12.5 Å². The predicted octanol–water partition coefficient (Wildman–Crippen LogP) is 1.87. The summed E-state index contributed by atoms with van der Waals surface area (Å²) in [6.07, 6.45) is 0. The molecule has 0 aromatic heterocycles. The number of hydrogen-bond acceptors (Lipinski definition) is 2. The Labute approximate surface area is 101 Å². The fourth-order valence-electron chi connectivity index (χ4n) is 1.06. The number of hydrogen-bond donors (Lipinski definition) is 0. The minimum Gasteiger partial charge on any atom is -0.457 e. The van der Waals surface area contributed by atoms with Gasteiger partial charge in [0, 0.05) is 3.57 Å². The molecule has 0 atom stereocenters. The molecule has 0 saturated heterocycles. The highest BCUT2D eigenvalue weighted by atomic mass is 127. The van der Waals surface area contributed by atoms with Crippen molar-refractivity contribution in [1.29, 1.82) is 0 Å². The van der Waals surface area contributed by atoms with E-state index in [9.17, 15) is 4.79 Å². The van der Waals surface area contributed by atoms with E-state index in [1.165, 1.54) is 0 Å². The third kappa shape index (κ3) is 2.87. The number of carbonyl (C=O) groups is 1. The maximum Gasteiger partial charge on any atom is 0.422 e. The van der Waals surface area contributed by atoms with E-state index in [1.807, 2.05) is 12.1 Å². The average molecular weight is 316 g/mol. The van der Waals surface area contributed by atoms with E-state index in [0.717, 1.165) is 3.57 Å². The van der Waals surface area contributed by atoms with Gasteiger partial charge in [-0.25, -0.2) is 4.79 Å². The summed E-state index contributed by atoms with van der Waals surface area (Å²) in [5.41, 5.74) is 9.29. The zero-order valence-corrected chi connectivity index (χ0v) is 10.3. The maximum atomic E-state index is 11.4. The van der Waals surface area contributed by atoms with E-state index in [4.69, 9.17) is 10.3 Å². The van der Waals surface area contributed by atoms with Crippen LogP contribution >= 0.6 is 22.6 Å². The van der Waals surface area contributed by atoms with E-state index in [2.05, 4.69) is 27.4 Å². The molecule has 1 aromatic rings. The van der Waals surface area contributed by atoms with Crippen LogP contribution in [0.5, 0.6) is 0 Å². The van der Waals surface area contributed by atoms with E-state index in [-0.39, 0.29) is 12.3 Å². The highest BCUT2D eigenvalue weighted by Crippen LogP contribution is 2.12. The molecule has 1 rings (SSSR count). The lowest BCUT2D eigenvalue weighted by Crippen LogP contribution is -2.20. The van der Waals surface area contributed by atoms with Gasteiger partial charge in [0.15, 0.2) is 0 Å². The van der Waals surface area contributed by atoms with Crippen LogP contribution in [0, 0.1) is 3.57 Å². The first kappa shape index (κ1) is 11.9. The van der Waals surface area contributed by atoms with Gasteiger partial charge in [0.05, 0.1) is 12.2 Å². The van der Waals surface area contributed by atoms with Crippen LogP contribution in [-0.2, 0) is 9.53 Å². The number of carbonyl (C=O) groups excluding carboxylic acids is 1. The first-order chi connectivity index (χ1) is 7.20. The van der Waals surface area contributed by atoms with Gasteiger partial charge in [-0.2, -0.15) is 4.79 Å². The second kappa shape index (κ2) is 5.63. The number of rotatable bonds is 3. The van der Waals surface area contributed by atoms with Crippen LogP contribution in [0.15, 0.2) is 24.3 Å². The third-order valence-corrected chi connectivity index (χ3v) is 2.64. The number of ether oxygens (including phenoxy) is 1. The molecule has 0 radical (unpaired) electrons. The monoisotopic (exact) mass is 316 g/mol. The first-order valence-corrected chi connectivity index (χ1v) is 5.42. The predicted molar refractivity (Wildman–Crippen MR) is 63.5 cm³/mol. The smallest absolute Gasteiger partial charge is 0.422 e. The van der Waals surface area contributed by atoms with Gasteiger partial charge in [0.2, 0.25) is 0 Å². The lowest BCUT2D eigenvalue weighted by molar-refractivity contribution is -0.139. The summed E-state index contributed by atoms with van der Waals surface area (Å²) in [7, 11) is 0. The minimum atomic E-state index is -0.621. The number of halogens is 1. The molecular weight excluding hydrogens is 307 g/mol. The van der Waals surface area contributed by atoms with Crippen LogP contribution in [-0.4, -0.2) is 23.1 Å². The van der Waals surface area contributed by atoms with Crippen molar-refractivity contribution in [3.05, 3.63) is 38.9 Å². The third-order valence-electron chi connectivity index (χ3n) is 1.70. The van der Waals surface area contributed by atoms with Crippen LogP contribution in [0.2, 0.25) is 0 Å². The molecule has 0 fully saturated rings. The van der Waals surface area contributed by atoms with Crippen LogP contribution < -0.4 is 0 Å². The van der Waals surface area contributed by atoms with Crippen LogP contribution in [0.3, 0.4) is 0 Å². The standard InChI is InChI=1S/C10H9IN2O2/c1-2-15-10(14)9(13-12)7-5-3-4-6-8(7)11/h3-6H,2H2,1H3. The number of esters is 1. The summed E-state index contributed by atoms with van der Waals surface area (Å²) in [4.78, 5) is 14.4. The number of benzene rings is 1. The van der Waals surface area contributed by atoms with E-state index < -0.39 is 5.97 Å². The molecule has 0 bridgehead atoms. The molecule has 1 aromatic carbocycles. The Kier molecular flexibility index (Phi) is 4.45. The van der Waals surface area contributed by atoms with Crippen LogP contribution in [0.25, 0.3) is 5.53 Å². The minimum absolute atomic E-state index is 0.0677. The van der Waals surface area contributed by atoms with Gasteiger partial charge < -0.3 is 10.3 Å². The SMILES string of the molecule is CCOC(=O)C(=[N+]=[N-])c1ccccc1I. The molecule has 78 valence electrons. The van der Waals surface area contributed by atoms with Gasteiger partial charge in [-0.1, -0.05) is 12.1 Å². The second-order valence-electron chi connectivity index (χ2n) is 2.65. The lowest BCUT2D eigenvalue weighted by atomic mass is 10.1. The Morgan fingerprint density at radius 2 is 2.20 bits per heavy atom. The topological polar surface area (TPSA) is 62.7 Å². The summed E-state index contributed by atoms with van der Waals surface area (Å²) in [5, 5.41) is 0. The first-order valence-electron chi connectivity index (χ1n) is 4.34. The van der Waals surface area contributed by atoms with Crippen molar-refractivity contribution in [1.82, 2.24) is 0 Å². The van der Waals surface area contributed by atoms with Gasteiger partial charge in [-0.3, -0.25) is 0 Å². The van der Waals surface area contributed by atoms with E-state index in [0.29, 0.717) is 5.56 Å². The highest BCUT2D eigenvalue weighted by Gasteiger charge is 2.25. The molecule has 4 nitrogen and oxygen atoms in total. The average Bonchev–Trinajstić information content (AvgIpc) is 2.22. The molecule has 15 heavy (non-hydrogen) atoms. The quantitative estimate of drug-likeness (QED) is 0.281. The molecular formula is C10H9IN2O2. The Balaban J connectivity index is 3.10. The van der Waals surface area contributed by atoms with Crippen molar-refractivity contribution >= 4 is 34.3 Å². The molecule has 0 amide bonds. The summed E-state index contributed by atoms with van der Waals surface area (Å²) >= 11 is 2.06. The molecule has 0 aliphatic carbocycles. The Bertz CT molecular complexity index is 425. The Hall–Kier alpha value is -1.20. The summed E-state index contributed by atoms with van der Waals surface area (Å²) in [5.74, 6) is -0.621. The molecule has 0 aliphatic rings. The molecule has 0 heterocycles. The summed E-state index contributed by atoms with van der Waals surface area (Å²) in [6.45, 7) is 1.95. The van der Waals surface area contributed by atoms with E-state index >= 15 is 0 Å². The summed E-state index contributed by atoms with van der Waals surface area (Å²) in [6, 6.07) is 7.13. The van der Waals surface area contributed by atoms with Gasteiger partial charge in [0.25, 0.3) is 0 Å². The zero-order valence-electron chi connectivity index (χ0n) is 8.11. The van der Waals surface area contributed by atoms with Gasteiger partial charge in [-0.15, -0.1) is 0 Å². The normalized spacial score (nSPS) is 9.20. The van der Waals surface area contributed by atoms with Gasteiger partial charge >= 0.3 is 11.7 Å². The zero-order chi connectivity index (χ0) is 11.3. The van der Waals surface area contributed by atoms with Crippen LogP contribution in [0.4, 0.5) is 0 Å². The fourth-order valence-corrected chi connectivity index (χ4v) is 1.70. The lowest BCUT2D eigenvalue weighted by Gasteiger charge is -1.99. The molecule has 0 saturated carbocycles. The fraction of sp³-hybridized carbons (Fsp3) is 0.200. The molecule has 0 aliphatic heterocycles. The Morgan fingerprint density at radius 1 is 1.53 bits per heavy atom. The van der Waals surface area contributed by atoms with Crippen molar-refractivity contribution in [2.75, 3.05) is 6.61 Å². The van der Waals surface area contributed by atoms with Crippen molar-refractivity contribution < 1.29 is 14.3 Å². The van der Waals surface area contributed by atoms with Crippen molar-refractivity contribution in [3.8, 4) is 0 Å². The number of nitrogens with zero attached hydrogens (tertiary/aromatic N) is 2. The molecule has 5 heteroatoms. The van der Waals surface area contributed by atoms with Crippen molar-refractivity contribution in [2.24, 2.45) is 0 Å². The maximum absolute atomic E-state index is 11.4. The Morgan fingerprint density at radius 3 is 2.73 bits per heavy atom. The summed E-state index contributed by atoms with van der Waals surface area (Å²) < 4.78 is 5.60.